The fraction of sp³-hybridized carbons (Fsp3) is 0.500. The molecular weight excluding hydrogens is 242 g/mol. The summed E-state index contributed by atoms with van der Waals surface area (Å²) in [5, 5.41) is 31.2. The van der Waals surface area contributed by atoms with Crippen LogP contribution in [0.5, 0.6) is 0 Å². The molecule has 0 aromatic carbocycles. The Hall–Kier alpha value is -2.59. The van der Waals surface area contributed by atoms with Crippen molar-refractivity contribution in [1.29, 1.82) is 0 Å². The lowest BCUT2D eigenvalue weighted by Gasteiger charge is -2.08. The highest BCUT2D eigenvalue weighted by atomic mass is 16.7. The minimum Gasteiger partial charge on any atom is -0.438 e. The molecule has 0 bridgehead atoms. The maximum atomic E-state index is 10.8. The van der Waals surface area contributed by atoms with E-state index in [2.05, 4.69) is 4.74 Å². The van der Waals surface area contributed by atoms with Crippen LogP contribution in [-0.2, 0) is 9.53 Å². The van der Waals surface area contributed by atoms with Crippen molar-refractivity contribution in [2.45, 2.75) is 12.7 Å². The number of carbonyl (C=O) groups excluding carboxylic acids is 1. The summed E-state index contributed by atoms with van der Waals surface area (Å²) in [6.07, 6.45) is 2.01. The van der Waals surface area contributed by atoms with Gasteiger partial charge in [0.1, 0.15) is 0 Å². The zero-order valence-electron chi connectivity index (χ0n) is 8.47. The van der Waals surface area contributed by atoms with Crippen LogP contribution < -0.4 is 0 Å². The fourth-order valence-electron chi connectivity index (χ4n) is 0.710. The molecule has 0 heterocycles. The molecule has 0 saturated carbocycles. The van der Waals surface area contributed by atoms with E-state index in [1.807, 2.05) is 0 Å². The van der Waals surface area contributed by atoms with Gasteiger partial charge < -0.3 is 4.74 Å². The zero-order valence-corrected chi connectivity index (χ0v) is 8.47. The lowest BCUT2D eigenvalue weighted by molar-refractivity contribution is -0.970. The third kappa shape index (κ3) is 2.93. The van der Waals surface area contributed by atoms with E-state index < -0.39 is 33.1 Å². The minimum absolute atomic E-state index is 0.810. The smallest absolute Gasteiger partial charge is 0.438 e. The van der Waals surface area contributed by atoms with Crippen molar-refractivity contribution in [3.05, 3.63) is 42.5 Å². The van der Waals surface area contributed by atoms with Gasteiger partial charge in [-0.15, -0.1) is 0 Å². The summed E-state index contributed by atoms with van der Waals surface area (Å²) in [5.74, 6) is -4.93. The molecule has 0 N–H and O–H groups in total. The number of ether oxygens (including phenoxy) is 1. The molecular formula is C6H7N3O8. The number of nitro groups is 3. The van der Waals surface area contributed by atoms with E-state index in [-0.39, 0.29) is 0 Å². The van der Waals surface area contributed by atoms with Crippen LogP contribution in [0.25, 0.3) is 0 Å². The molecule has 0 rings (SSSR count). The van der Waals surface area contributed by atoms with Crippen LogP contribution >= 0.6 is 0 Å². The van der Waals surface area contributed by atoms with Gasteiger partial charge in [0.15, 0.2) is 14.8 Å². The first-order chi connectivity index (χ1) is 7.78. The number of hydrogen-bond acceptors (Lipinski definition) is 8. The van der Waals surface area contributed by atoms with Crippen LogP contribution in [0.3, 0.4) is 0 Å². The lowest BCUT2D eigenvalue weighted by Crippen LogP contribution is -2.57. The minimum atomic E-state index is -3.78. The Morgan fingerprint density at radius 2 is 1.59 bits per heavy atom. The van der Waals surface area contributed by atoms with E-state index in [0.29, 0.717) is 0 Å². The molecule has 0 fully saturated rings. The molecule has 0 unspecified atom stereocenters. The highest BCUT2D eigenvalue weighted by Gasteiger charge is 2.72. The molecule has 94 valence electrons. The van der Waals surface area contributed by atoms with Crippen molar-refractivity contribution in [3.63, 3.8) is 0 Å². The third-order valence-electron chi connectivity index (χ3n) is 1.59. The van der Waals surface area contributed by atoms with Crippen LogP contribution in [0.1, 0.15) is 6.92 Å². The standard InChI is InChI=1S/C6H7N3O8/c1-2-3-5(10)17-4-6(7(11)12,8(13)14)9(15)16/h2-3H,4H2,1H3. The first-order valence-corrected chi connectivity index (χ1v) is 4.02. The van der Waals surface area contributed by atoms with Crippen LogP contribution in [-0.4, -0.2) is 33.1 Å². The highest BCUT2D eigenvalue weighted by molar-refractivity contribution is 5.81. The molecule has 0 aliphatic heterocycles. The normalized spacial score (nSPS) is 11.1. The average Bonchev–Trinajstić information content (AvgIpc) is 2.17. The molecule has 0 radical (unpaired) electrons. The molecule has 11 nitrogen and oxygen atoms in total. The quantitative estimate of drug-likeness (QED) is 0.202. The van der Waals surface area contributed by atoms with Gasteiger partial charge in [0.25, 0.3) is 0 Å². The van der Waals surface area contributed by atoms with Gasteiger partial charge in [0.2, 0.25) is 0 Å². The number of carbonyl (C=O) groups is 1. The summed E-state index contributed by atoms with van der Waals surface area (Å²) in [7, 11) is 0. The Kier molecular flexibility index (Phi) is 4.65. The number of rotatable bonds is 6. The van der Waals surface area contributed by atoms with Gasteiger partial charge in [-0.05, 0) is 6.92 Å². The largest absolute Gasteiger partial charge is 0.734 e. The van der Waals surface area contributed by atoms with Gasteiger partial charge in [-0.1, -0.05) is 6.08 Å². The molecule has 0 aliphatic rings. The summed E-state index contributed by atoms with van der Waals surface area (Å²) < 4.78 is 4.08. The summed E-state index contributed by atoms with van der Waals surface area (Å²) in [6.45, 7) is -0.174. The number of nitrogens with zero attached hydrogens (tertiary/aromatic N) is 3. The second-order valence-electron chi connectivity index (χ2n) is 2.65. The number of hydrogen-bond donors (Lipinski definition) is 0. The second kappa shape index (κ2) is 5.48. The predicted molar refractivity (Wildman–Crippen MR) is 49.5 cm³/mol. The fourth-order valence-corrected chi connectivity index (χ4v) is 0.710. The molecule has 0 aliphatic carbocycles. The molecule has 0 aromatic rings. The first kappa shape index (κ1) is 14.4. The van der Waals surface area contributed by atoms with Crippen LogP contribution in [0.2, 0.25) is 0 Å². The van der Waals surface area contributed by atoms with Crippen molar-refractivity contribution in [2.75, 3.05) is 6.61 Å². The molecule has 0 saturated heterocycles. The Labute approximate surface area is 93.1 Å². The van der Waals surface area contributed by atoms with E-state index in [0.717, 1.165) is 6.08 Å². The van der Waals surface area contributed by atoms with Crippen molar-refractivity contribution < 1.29 is 24.3 Å². The Morgan fingerprint density at radius 3 is 1.88 bits per heavy atom. The van der Waals surface area contributed by atoms with Gasteiger partial charge in [-0.25, -0.2) is 4.79 Å². The van der Waals surface area contributed by atoms with Crippen molar-refractivity contribution in [2.24, 2.45) is 0 Å². The zero-order chi connectivity index (χ0) is 13.6. The Bertz CT molecular complexity index is 353. The van der Waals surface area contributed by atoms with Gasteiger partial charge in [-0.2, -0.15) is 0 Å². The lowest BCUT2D eigenvalue weighted by atomic mass is 10.4. The molecule has 0 atom stereocenters. The van der Waals surface area contributed by atoms with E-state index in [1.165, 1.54) is 13.0 Å². The third-order valence-corrected chi connectivity index (χ3v) is 1.59. The monoisotopic (exact) mass is 249 g/mol. The number of allylic oxidation sites excluding steroid dienone is 1. The molecule has 17 heavy (non-hydrogen) atoms. The topological polar surface area (TPSA) is 156 Å². The van der Waals surface area contributed by atoms with Crippen molar-refractivity contribution >= 4 is 5.97 Å². The highest BCUT2D eigenvalue weighted by Crippen LogP contribution is 2.13. The summed E-state index contributed by atoms with van der Waals surface area (Å²) in [4.78, 5) is 36.8. The molecule has 11 heteroatoms. The first-order valence-electron chi connectivity index (χ1n) is 4.02. The van der Waals surface area contributed by atoms with E-state index in [1.54, 1.807) is 0 Å². The predicted octanol–water partition coefficient (Wildman–Crippen LogP) is -0.410. The van der Waals surface area contributed by atoms with Gasteiger partial charge >= 0.3 is 18.4 Å². The van der Waals surface area contributed by atoms with Crippen LogP contribution in [0.15, 0.2) is 12.2 Å². The summed E-state index contributed by atoms with van der Waals surface area (Å²) >= 11 is 0. The van der Waals surface area contributed by atoms with Crippen molar-refractivity contribution in [1.82, 2.24) is 0 Å². The molecule has 0 aromatic heterocycles. The Morgan fingerprint density at radius 1 is 1.18 bits per heavy atom. The molecule has 0 amide bonds. The molecule has 0 spiro atoms. The van der Waals surface area contributed by atoms with Crippen LogP contribution in [0.4, 0.5) is 0 Å². The van der Waals surface area contributed by atoms with Gasteiger partial charge in [0, 0.05) is 6.08 Å². The van der Waals surface area contributed by atoms with E-state index >= 15 is 0 Å². The van der Waals surface area contributed by atoms with Gasteiger partial charge in [0.05, 0.1) is 0 Å². The van der Waals surface area contributed by atoms with Gasteiger partial charge in [-0.3, -0.25) is 30.3 Å². The summed E-state index contributed by atoms with van der Waals surface area (Å²) in [5.41, 5.74) is 0. The maximum Gasteiger partial charge on any atom is 0.734 e. The summed E-state index contributed by atoms with van der Waals surface area (Å²) in [6, 6.07) is 0. The maximum absolute atomic E-state index is 10.8. The second-order valence-corrected chi connectivity index (χ2v) is 2.65. The van der Waals surface area contributed by atoms with E-state index in [9.17, 15) is 35.1 Å². The average molecular weight is 249 g/mol. The SMILES string of the molecule is CC=CC(=O)OCC([N+](=O)[O-])([N+](=O)[O-])[N+](=O)[O-]. The van der Waals surface area contributed by atoms with E-state index in [4.69, 9.17) is 0 Å². The Balaban J connectivity index is 5.08. The number of esters is 1. The van der Waals surface area contributed by atoms with Crippen molar-refractivity contribution in [3.8, 4) is 0 Å². The van der Waals surface area contributed by atoms with Crippen LogP contribution in [0, 0.1) is 30.3 Å².